The molecule has 0 aromatic carbocycles. The van der Waals surface area contributed by atoms with Gasteiger partial charge >= 0.3 is 5.97 Å². The molecule has 0 aromatic heterocycles. The molecule has 35 N–H and O–H groups in total. The molecule has 0 unspecified atom stereocenters. The fourth-order valence-electron chi connectivity index (χ4n) is 16.8. The lowest BCUT2D eigenvalue weighted by molar-refractivity contribution is -0.407. The van der Waals surface area contributed by atoms with Crippen molar-refractivity contribution in [3.05, 3.63) is 0 Å². The van der Waals surface area contributed by atoms with Gasteiger partial charge in [0, 0.05) is 48.0 Å². The average molecular weight is 1980 g/mol. The summed E-state index contributed by atoms with van der Waals surface area (Å²) in [6, 6.07) is -11.8. The fourth-order valence-corrected chi connectivity index (χ4v) is 16.8. The number of carbonyl (C=O) groups excluding carboxylic acids is 6. The van der Waals surface area contributed by atoms with E-state index in [4.69, 9.17) is 85.3 Å². The zero-order valence-electron chi connectivity index (χ0n) is 73.0. The van der Waals surface area contributed by atoms with Gasteiger partial charge in [-0.1, -0.05) is 0 Å². The van der Waals surface area contributed by atoms with Gasteiger partial charge in [-0.3, -0.25) is 28.8 Å². The minimum absolute atomic E-state index is 0.839. The van der Waals surface area contributed by atoms with Crippen LogP contribution in [0.2, 0.25) is 0 Å². The Hall–Kier alpha value is -5.55. The Kier molecular flexibility index (Phi) is 41.8. The first kappa shape index (κ1) is 113. The monoisotopic (exact) mass is 1970 g/mol. The third kappa shape index (κ3) is 26.5. The van der Waals surface area contributed by atoms with E-state index in [1.165, 1.54) is 0 Å². The molecule has 0 radical (unpaired) electrons. The summed E-state index contributed by atoms with van der Waals surface area (Å²) >= 11 is 0. The van der Waals surface area contributed by atoms with Crippen LogP contribution < -0.4 is 31.9 Å². The molecule has 50 atom stereocenters. The van der Waals surface area contributed by atoms with Crippen molar-refractivity contribution in [3.63, 3.8) is 0 Å². The van der Waals surface area contributed by atoms with E-state index in [1.807, 2.05) is 0 Å². The highest BCUT2D eigenvalue weighted by Crippen LogP contribution is 2.42. The van der Waals surface area contributed by atoms with Crippen molar-refractivity contribution in [1.82, 2.24) is 31.9 Å². The Morgan fingerprint density at radius 2 is 0.689 bits per heavy atom. The predicted octanol–water partition coefficient (Wildman–Crippen LogP) is -23.1. The van der Waals surface area contributed by atoms with Gasteiger partial charge in [-0.05, 0) is 0 Å². The van der Waals surface area contributed by atoms with E-state index in [0.717, 1.165) is 41.5 Å². The fraction of sp³-hybridized carbons (Fsp3) is 0.907. The maximum absolute atomic E-state index is 13.5. The number of ether oxygens (including phenoxy) is 18. The second kappa shape index (κ2) is 49.9. The van der Waals surface area contributed by atoms with E-state index in [1.54, 1.807) is 0 Å². The van der Waals surface area contributed by atoms with Crippen molar-refractivity contribution < 1.29 is 267 Å². The van der Waals surface area contributed by atoms with E-state index >= 15 is 0 Å². The first-order valence-electron chi connectivity index (χ1n) is 42.7. The summed E-state index contributed by atoms with van der Waals surface area (Å²) in [6.07, 6.45) is -98.2. The Morgan fingerprint density at radius 1 is 0.333 bits per heavy atom. The quantitative estimate of drug-likeness (QED) is 0.0270. The molecule has 135 heavy (non-hydrogen) atoms. The van der Waals surface area contributed by atoms with E-state index < -0.39 is 427 Å². The number of carboxylic acid groups (broad SMARTS) is 1. The van der Waals surface area contributed by atoms with Gasteiger partial charge in [-0.2, -0.15) is 0 Å². The van der Waals surface area contributed by atoms with Crippen molar-refractivity contribution in [2.75, 3.05) is 72.7 Å². The standard InChI is InChI=1S/C75H126N6O54/c1-19(90)76-25(8-82)42(99)59(28(98)10-84)129-68-40(80-23(5)94)52(109)61(33(15-89)124-68)131-72-58(115)64(62(132-66-38(78-21(3)92)49(106)44(101)29(11-85)121-66)36(128-72)17-119-71-57(114)54(111)48(105)34(127-71)16-118-70-56(113)53(110)45(102)30(12-86)122-70)133-73-65(55(112)46(103)31(13-87)123-73)134-69-41(81-24(6)95)51(108)60(32(14-88)125-69)130-67-39(79-22(4)93)50(107)47(104)35(126-67)18-120-75(74(116)117)7-26(96)37(77-20(2)91)63(135-75)43(100)27(97)9-83/h25-73,82-89,96-115H,7-18H2,1-6H3,(H,76,90)(H,77,91)(H,78,92)(H,79,93)(H,80,94)(H,81,95)(H,116,117)/t25-,26-,27+,28+,29+,30+,31+,32+,33+,34+,35+,36+,37+,38+,39+,40+,41+,42+,43+,44+,45+,46+,47-,48+,49+,50+,51+,52+,53-,54-,55-,56-,57-,58-,59+,60+,61+,62+,63+,64+,65-,66-,67-,68-,69-,70-,71-,72-,73+,75+/m0/s1. The molecule has 9 saturated heterocycles. The SMILES string of the molecule is CC(=O)N[C@H]1[C@H](O[C@@H]([C@H](O)[C@H](CO)NC(C)=O)[C@H](O)CO)O[C@H](CO)[C@@H](O[C@@H]2O[C@H](CO[C@H]3O[C@H](CO[C@H]4O[C@H](CO)[C@@H](O)[C@H](O)[C@@H]4O)[C@@H](O)[C@H](O)[C@@H]3O)[C@@H](O[C@@H]3O[C@H](CO)[C@@H](O)[C@H](O)[C@H]3NC(C)=O)[C@H](O[C@H]3O[C@H](CO)[C@@H](O)[C@H](O)[C@@H]3O[C@@H]3O[C@H](CO)[C@@H](O[C@@H]4O[C@H](CO[C@]5(C(=O)O)C[C@H](O)[C@@H](NC(C)=O)[C@H]([C@H](O)[C@H](O)CO)O5)[C@H](O)[C@H](O)[C@H]4NC(C)=O)[C@H](O)[C@H]3NC(C)=O)[C@@H]2O)[C@@H]1O. The lowest BCUT2D eigenvalue weighted by Crippen LogP contribution is -2.71. The molecule has 0 aromatic rings. The molecule has 0 spiro atoms. The summed E-state index contributed by atoms with van der Waals surface area (Å²) in [7, 11) is 0. The highest BCUT2D eigenvalue weighted by molar-refractivity contribution is 5.77. The van der Waals surface area contributed by atoms with E-state index in [-0.39, 0.29) is 0 Å². The molecule has 0 bridgehead atoms. The zero-order chi connectivity index (χ0) is 100. The molecule has 9 aliphatic heterocycles. The van der Waals surface area contributed by atoms with Gasteiger partial charge in [-0.15, -0.1) is 0 Å². The molecular formula is C75H126N6O54. The molecule has 0 saturated carbocycles. The van der Waals surface area contributed by atoms with Crippen LogP contribution >= 0.6 is 0 Å². The number of carbonyl (C=O) groups is 7. The summed E-state index contributed by atoms with van der Waals surface area (Å²) < 4.78 is 109. The zero-order valence-corrected chi connectivity index (χ0v) is 73.0. The summed E-state index contributed by atoms with van der Waals surface area (Å²) in [5.74, 6) is -11.1. The second-order valence-corrected chi connectivity index (χ2v) is 33.7. The largest absolute Gasteiger partial charge is 0.477 e. The van der Waals surface area contributed by atoms with Crippen LogP contribution in [0.1, 0.15) is 48.0 Å². The van der Waals surface area contributed by atoms with E-state index in [9.17, 15) is 182 Å². The van der Waals surface area contributed by atoms with Gasteiger partial charge in [-0.25, -0.2) is 4.79 Å². The predicted molar refractivity (Wildman–Crippen MR) is 419 cm³/mol. The maximum Gasteiger partial charge on any atom is 0.364 e. The number of hydrogen-bond acceptors (Lipinski definition) is 53. The minimum Gasteiger partial charge on any atom is -0.477 e. The molecule has 9 rings (SSSR count). The summed E-state index contributed by atoms with van der Waals surface area (Å²) in [5, 5.41) is 339. The van der Waals surface area contributed by atoms with Crippen LogP contribution in [0.3, 0.4) is 0 Å². The number of nitrogens with one attached hydrogen (secondary N) is 6. The number of rotatable bonds is 41. The normalized spacial score (nSPS) is 43.9. The first-order valence-corrected chi connectivity index (χ1v) is 42.7. The Morgan fingerprint density at radius 3 is 1.15 bits per heavy atom. The van der Waals surface area contributed by atoms with Crippen molar-refractivity contribution >= 4 is 41.4 Å². The molecule has 0 aliphatic carbocycles. The minimum atomic E-state index is -3.15. The topological polar surface area (TPSA) is 944 Å². The van der Waals surface area contributed by atoms with E-state index in [0.29, 0.717) is 0 Å². The van der Waals surface area contributed by atoms with Gasteiger partial charge in [0.25, 0.3) is 5.79 Å². The van der Waals surface area contributed by atoms with Crippen LogP contribution in [0.4, 0.5) is 0 Å². The highest BCUT2D eigenvalue weighted by Gasteiger charge is 2.63. The average Bonchev–Trinajstić information content (AvgIpc) is 0.760. The number of hydrogen-bond donors (Lipinski definition) is 35. The molecule has 9 heterocycles. The third-order valence-corrected chi connectivity index (χ3v) is 23.9. The van der Waals surface area contributed by atoms with Crippen LogP contribution in [0.15, 0.2) is 0 Å². The van der Waals surface area contributed by atoms with Gasteiger partial charge in [0.1, 0.15) is 232 Å². The van der Waals surface area contributed by atoms with Gasteiger partial charge in [0.05, 0.1) is 90.9 Å². The molecular weight excluding hydrogens is 1850 g/mol. The van der Waals surface area contributed by atoms with Crippen LogP contribution in [0.25, 0.3) is 0 Å². The van der Waals surface area contributed by atoms with Crippen molar-refractivity contribution in [2.45, 2.75) is 354 Å². The van der Waals surface area contributed by atoms with Gasteiger partial charge in [0.15, 0.2) is 50.3 Å². The summed E-state index contributed by atoms with van der Waals surface area (Å²) in [5.41, 5.74) is 0. The van der Waals surface area contributed by atoms with Crippen LogP contribution in [0, 0.1) is 0 Å². The van der Waals surface area contributed by atoms with Gasteiger partial charge in [0.2, 0.25) is 35.4 Å². The van der Waals surface area contributed by atoms with Crippen LogP contribution in [0.5, 0.6) is 0 Å². The van der Waals surface area contributed by atoms with Crippen LogP contribution in [-0.2, 0) is 119 Å². The maximum atomic E-state index is 13.5. The lowest BCUT2D eigenvalue weighted by atomic mass is 9.88. The Labute approximate surface area is 764 Å². The molecule has 60 heteroatoms. The first-order chi connectivity index (χ1) is 63.6. The molecule has 9 fully saturated rings. The highest BCUT2D eigenvalue weighted by atomic mass is 16.8. The van der Waals surface area contributed by atoms with Gasteiger partial charge < -0.3 is 265 Å². The number of aliphatic hydroxyl groups excluding tert-OH is 28. The second-order valence-electron chi connectivity index (χ2n) is 33.7. The van der Waals surface area contributed by atoms with E-state index in [2.05, 4.69) is 31.9 Å². The number of aliphatic hydroxyl groups is 28. The lowest BCUT2D eigenvalue weighted by Gasteiger charge is -2.52. The molecule has 9 aliphatic rings. The third-order valence-electron chi connectivity index (χ3n) is 23.9. The van der Waals surface area contributed by atoms with Crippen LogP contribution in [-0.4, -0.2) is 568 Å². The van der Waals surface area contributed by atoms with Crippen molar-refractivity contribution in [2.24, 2.45) is 0 Å². The number of amides is 6. The smallest absolute Gasteiger partial charge is 0.364 e. The van der Waals surface area contributed by atoms with Crippen molar-refractivity contribution in [1.29, 1.82) is 0 Å². The summed E-state index contributed by atoms with van der Waals surface area (Å²) in [6.45, 7) is -7.86. The number of aliphatic carboxylic acids is 1. The summed E-state index contributed by atoms with van der Waals surface area (Å²) in [4.78, 5) is 90.3. The molecule has 6 amide bonds. The molecule has 780 valence electrons. The molecule has 60 nitrogen and oxygen atoms in total. The number of carboxylic acids is 1. The Balaban J connectivity index is 1.12. The van der Waals surface area contributed by atoms with Crippen molar-refractivity contribution in [3.8, 4) is 0 Å². The Bertz CT molecular complexity index is 3760.